The zero-order valence-electron chi connectivity index (χ0n) is 12.1. The molecule has 1 aliphatic heterocycles. The van der Waals surface area contributed by atoms with Gasteiger partial charge in [0, 0.05) is 30.9 Å². The summed E-state index contributed by atoms with van der Waals surface area (Å²) in [6.07, 6.45) is 5.30. The third-order valence-corrected chi connectivity index (χ3v) is 5.11. The van der Waals surface area contributed by atoms with E-state index in [1.165, 1.54) is 17.7 Å². The highest BCUT2D eigenvalue weighted by Crippen LogP contribution is 2.29. The van der Waals surface area contributed by atoms with E-state index in [1.54, 1.807) is 23.2 Å². The van der Waals surface area contributed by atoms with Gasteiger partial charge in [-0.3, -0.25) is 10.1 Å². The Hall–Kier alpha value is -1.63. The molecule has 21 heavy (non-hydrogen) atoms. The topological polar surface area (TPSA) is 74.3 Å². The van der Waals surface area contributed by atoms with Crippen LogP contribution in [0, 0.1) is 0 Å². The van der Waals surface area contributed by atoms with E-state index >= 15 is 0 Å². The summed E-state index contributed by atoms with van der Waals surface area (Å²) in [6.45, 7) is 2.87. The summed E-state index contributed by atoms with van der Waals surface area (Å²) in [5.74, 6) is 0.0623. The van der Waals surface area contributed by atoms with Gasteiger partial charge in [-0.1, -0.05) is 0 Å². The van der Waals surface area contributed by atoms with E-state index in [4.69, 9.17) is 0 Å². The molecule has 3 amide bonds. The predicted molar refractivity (Wildman–Crippen MR) is 81.6 cm³/mol. The fraction of sp³-hybridized carbons (Fsp3) is 0.643. The van der Waals surface area contributed by atoms with Crippen molar-refractivity contribution in [2.24, 2.45) is 0 Å². The quantitative estimate of drug-likeness (QED) is 0.874. The monoisotopic (exact) mass is 308 g/mol. The van der Waals surface area contributed by atoms with Crippen LogP contribution in [0.5, 0.6) is 0 Å². The molecule has 0 aromatic carbocycles. The molecule has 3 rings (SSSR count). The van der Waals surface area contributed by atoms with Crippen molar-refractivity contribution in [1.29, 1.82) is 0 Å². The number of hydrogen-bond donors (Lipinski definition) is 2. The van der Waals surface area contributed by atoms with Crippen molar-refractivity contribution in [2.45, 2.75) is 45.1 Å². The predicted octanol–water partition coefficient (Wildman–Crippen LogP) is 1.76. The van der Waals surface area contributed by atoms with E-state index in [9.17, 15) is 9.59 Å². The molecule has 7 heteroatoms. The Bertz CT molecular complexity index is 534. The van der Waals surface area contributed by atoms with Crippen LogP contribution >= 0.6 is 11.3 Å². The maximum Gasteiger partial charge on any atom is 0.321 e. The Morgan fingerprint density at radius 2 is 2.14 bits per heavy atom. The molecule has 1 saturated heterocycles. The van der Waals surface area contributed by atoms with Gasteiger partial charge in [-0.25, -0.2) is 9.78 Å². The van der Waals surface area contributed by atoms with Crippen molar-refractivity contribution in [3.63, 3.8) is 0 Å². The molecule has 6 nitrogen and oxygen atoms in total. The number of aryl methyl sites for hydroxylation is 2. The molecule has 114 valence electrons. The van der Waals surface area contributed by atoms with Gasteiger partial charge in [-0.2, -0.15) is 0 Å². The minimum atomic E-state index is -0.225. The lowest BCUT2D eigenvalue weighted by Gasteiger charge is -2.14. The van der Waals surface area contributed by atoms with Crippen molar-refractivity contribution in [2.75, 3.05) is 18.4 Å². The third kappa shape index (κ3) is 3.34. The number of hydrogen-bond acceptors (Lipinski definition) is 4. The number of thiazole rings is 1. The van der Waals surface area contributed by atoms with Gasteiger partial charge in [0.15, 0.2) is 5.13 Å². The number of rotatable bonds is 2. The number of anilines is 1. The summed E-state index contributed by atoms with van der Waals surface area (Å²) in [4.78, 5) is 30.8. The molecule has 0 saturated carbocycles. The van der Waals surface area contributed by atoms with Gasteiger partial charge in [0.05, 0.1) is 5.69 Å². The highest BCUT2D eigenvalue weighted by Gasteiger charge is 2.25. The minimum absolute atomic E-state index is 0.0310. The van der Waals surface area contributed by atoms with Crippen LogP contribution < -0.4 is 10.6 Å². The fourth-order valence-corrected chi connectivity index (χ4v) is 3.93. The zero-order valence-corrected chi connectivity index (χ0v) is 13.0. The summed E-state index contributed by atoms with van der Waals surface area (Å²) < 4.78 is 0. The number of carbonyl (C=O) groups is 2. The second-order valence-corrected chi connectivity index (χ2v) is 6.73. The van der Waals surface area contributed by atoms with Crippen LogP contribution in [-0.2, 0) is 17.6 Å². The van der Waals surface area contributed by atoms with Crippen LogP contribution in [0.4, 0.5) is 9.93 Å². The Labute approximate surface area is 127 Å². The van der Waals surface area contributed by atoms with E-state index < -0.39 is 0 Å². The van der Waals surface area contributed by atoms with Crippen LogP contribution in [0.25, 0.3) is 0 Å². The molecular weight excluding hydrogens is 288 g/mol. The molecule has 0 bridgehead atoms. The van der Waals surface area contributed by atoms with Crippen LogP contribution in [0.1, 0.15) is 36.8 Å². The second-order valence-electron chi connectivity index (χ2n) is 5.65. The van der Waals surface area contributed by atoms with Crippen LogP contribution in [0.15, 0.2) is 0 Å². The van der Waals surface area contributed by atoms with E-state index in [-0.39, 0.29) is 18.0 Å². The summed E-state index contributed by atoms with van der Waals surface area (Å²) in [5.41, 5.74) is 1.14. The first-order chi connectivity index (χ1) is 10.1. The molecular formula is C14H20N4O2S. The molecule has 1 aromatic rings. The lowest BCUT2D eigenvalue weighted by Crippen LogP contribution is -2.40. The fourth-order valence-electron chi connectivity index (χ4n) is 2.89. The van der Waals surface area contributed by atoms with Crippen molar-refractivity contribution in [1.82, 2.24) is 15.2 Å². The normalized spacial score (nSPS) is 21.0. The third-order valence-electron chi connectivity index (χ3n) is 4.03. The molecule has 2 heterocycles. The largest absolute Gasteiger partial charge is 0.341 e. The first-order valence-corrected chi connectivity index (χ1v) is 8.25. The summed E-state index contributed by atoms with van der Waals surface area (Å²) >= 11 is 1.58. The van der Waals surface area contributed by atoms with Gasteiger partial charge in [0.25, 0.3) is 0 Å². The first kappa shape index (κ1) is 14.3. The Morgan fingerprint density at radius 3 is 2.86 bits per heavy atom. The number of aromatic nitrogens is 1. The highest BCUT2D eigenvalue weighted by molar-refractivity contribution is 7.15. The number of carbonyl (C=O) groups excluding carboxylic acids is 2. The Kier molecular flexibility index (Phi) is 4.10. The first-order valence-electron chi connectivity index (χ1n) is 7.43. The van der Waals surface area contributed by atoms with Gasteiger partial charge in [-0.15, -0.1) is 11.3 Å². The van der Waals surface area contributed by atoms with Crippen LogP contribution in [0.3, 0.4) is 0 Å². The van der Waals surface area contributed by atoms with Crippen molar-refractivity contribution in [3.05, 3.63) is 10.6 Å². The summed E-state index contributed by atoms with van der Waals surface area (Å²) in [5, 5.41) is 6.42. The van der Waals surface area contributed by atoms with Crippen molar-refractivity contribution >= 4 is 28.4 Å². The zero-order chi connectivity index (χ0) is 14.8. The maximum absolute atomic E-state index is 12.0. The standard InChI is InChI=1S/C14H20N4O2S/c1-9(19)18-7-6-10(8-18)15-13(20)17-14-16-11-4-2-3-5-12(11)21-14/h10H,2-8H2,1H3,(H2,15,16,17,20)/t10-/m0/s1. The lowest BCUT2D eigenvalue weighted by atomic mass is 10.0. The van der Waals surface area contributed by atoms with Crippen molar-refractivity contribution < 1.29 is 9.59 Å². The van der Waals surface area contributed by atoms with Gasteiger partial charge < -0.3 is 10.2 Å². The molecule has 2 N–H and O–H groups in total. The molecule has 0 unspecified atom stereocenters. The molecule has 1 atom stereocenters. The molecule has 1 aromatic heterocycles. The van der Waals surface area contributed by atoms with E-state index in [0.29, 0.717) is 18.2 Å². The van der Waals surface area contributed by atoms with E-state index in [0.717, 1.165) is 25.0 Å². The average molecular weight is 308 g/mol. The smallest absolute Gasteiger partial charge is 0.321 e. The molecule has 1 fully saturated rings. The van der Waals surface area contributed by atoms with Crippen LogP contribution in [0.2, 0.25) is 0 Å². The second kappa shape index (κ2) is 6.01. The number of fused-ring (bicyclic) bond motifs is 1. The van der Waals surface area contributed by atoms with Gasteiger partial charge in [0.1, 0.15) is 0 Å². The SMILES string of the molecule is CC(=O)N1CC[C@H](NC(=O)Nc2nc3c(s2)CCCC3)C1. The Morgan fingerprint density at radius 1 is 1.33 bits per heavy atom. The number of nitrogens with zero attached hydrogens (tertiary/aromatic N) is 2. The molecule has 1 aliphatic carbocycles. The average Bonchev–Trinajstić information content (AvgIpc) is 3.04. The number of nitrogens with one attached hydrogen (secondary N) is 2. The molecule has 0 radical (unpaired) electrons. The number of urea groups is 1. The summed E-state index contributed by atoms with van der Waals surface area (Å²) in [6, 6.07) is -0.194. The lowest BCUT2D eigenvalue weighted by molar-refractivity contribution is -0.127. The van der Waals surface area contributed by atoms with Gasteiger partial charge in [-0.05, 0) is 32.1 Å². The maximum atomic E-state index is 12.0. The van der Waals surface area contributed by atoms with Gasteiger partial charge in [0.2, 0.25) is 5.91 Å². The molecule has 0 spiro atoms. The van der Waals surface area contributed by atoms with E-state index in [1.807, 2.05) is 0 Å². The van der Waals surface area contributed by atoms with E-state index in [2.05, 4.69) is 15.6 Å². The number of likely N-dealkylation sites (tertiary alicyclic amines) is 1. The molecule has 2 aliphatic rings. The Balaban J connectivity index is 1.52. The number of amides is 3. The highest BCUT2D eigenvalue weighted by atomic mass is 32.1. The van der Waals surface area contributed by atoms with Gasteiger partial charge >= 0.3 is 6.03 Å². The van der Waals surface area contributed by atoms with Crippen molar-refractivity contribution in [3.8, 4) is 0 Å². The minimum Gasteiger partial charge on any atom is -0.341 e. The summed E-state index contributed by atoms with van der Waals surface area (Å²) in [7, 11) is 0. The van der Waals surface area contributed by atoms with Crippen LogP contribution in [-0.4, -0.2) is 41.0 Å².